The molecule has 1 fully saturated rings. The topological polar surface area (TPSA) is 154 Å². The Kier molecular flexibility index (Phi) is 6.90. The van der Waals surface area contributed by atoms with Crippen LogP contribution in [0.4, 0.5) is 27.1 Å². The maximum Gasteiger partial charge on any atom is 0.341 e. The van der Waals surface area contributed by atoms with E-state index in [9.17, 15) is 34.2 Å². The van der Waals surface area contributed by atoms with Crippen LogP contribution in [0.25, 0.3) is 0 Å². The summed E-state index contributed by atoms with van der Waals surface area (Å²) in [4.78, 5) is 46.8. The number of non-ortho nitro benzene ring substituents is 1. The Hall–Kier alpha value is -4.13. The zero-order valence-electron chi connectivity index (χ0n) is 16.5. The van der Waals surface area contributed by atoms with Crippen molar-refractivity contribution in [2.45, 2.75) is 0 Å². The molecule has 0 spiro atoms. The van der Waals surface area contributed by atoms with Gasteiger partial charge in [-0.05, 0) is 18.2 Å². The molecule has 2 aromatic rings. The van der Waals surface area contributed by atoms with Gasteiger partial charge in [-0.15, -0.1) is 0 Å². The Bertz CT molecular complexity index is 1070. The number of hydrogen-bond acceptors (Lipinski definition) is 9. The number of nitrogens with zero attached hydrogens (tertiary/aromatic N) is 3. The number of esters is 1. The highest BCUT2D eigenvalue weighted by Gasteiger charge is 2.24. The second kappa shape index (κ2) is 9.78. The lowest BCUT2D eigenvalue weighted by molar-refractivity contribution is -0.387. The summed E-state index contributed by atoms with van der Waals surface area (Å²) in [6.45, 7) is 0.981. The Balaban J connectivity index is 1.71. The number of ether oxygens (including phenoxy) is 2. The molecule has 1 heterocycles. The van der Waals surface area contributed by atoms with E-state index in [1.807, 2.05) is 4.90 Å². The predicted octanol–water partition coefficient (Wildman–Crippen LogP) is 2.27. The number of nitrogens with one attached hydrogen (secondary N) is 1. The zero-order chi connectivity index (χ0) is 23.3. The number of hydrogen-bond donors (Lipinski definition) is 1. The molecule has 0 saturated carbocycles. The molecule has 1 aliphatic rings. The third-order valence-corrected chi connectivity index (χ3v) is 4.52. The first-order valence-corrected chi connectivity index (χ1v) is 9.28. The maximum atomic E-state index is 13.4. The molecule has 0 aliphatic carbocycles. The average Bonchev–Trinajstić information content (AvgIpc) is 2.78. The highest BCUT2D eigenvalue weighted by Crippen LogP contribution is 2.27. The summed E-state index contributed by atoms with van der Waals surface area (Å²) in [6.07, 6.45) is 0. The van der Waals surface area contributed by atoms with E-state index in [4.69, 9.17) is 9.47 Å². The van der Waals surface area contributed by atoms with Gasteiger partial charge in [-0.3, -0.25) is 25.0 Å². The highest BCUT2D eigenvalue weighted by molar-refractivity contribution is 5.99. The molecule has 0 unspecified atom stereocenters. The number of nitro groups is 2. The van der Waals surface area contributed by atoms with E-state index in [1.54, 1.807) is 0 Å². The van der Waals surface area contributed by atoms with Crippen molar-refractivity contribution in [2.24, 2.45) is 0 Å². The number of benzene rings is 2. The molecule has 12 nitrogen and oxygen atoms in total. The number of anilines is 2. The minimum absolute atomic E-state index is 0.0662. The van der Waals surface area contributed by atoms with Gasteiger partial charge in [0, 0.05) is 37.0 Å². The van der Waals surface area contributed by atoms with Crippen molar-refractivity contribution in [3.63, 3.8) is 0 Å². The number of carbonyl (C=O) groups is 2. The lowest BCUT2D eigenvalue weighted by atomic mass is 10.1. The van der Waals surface area contributed by atoms with E-state index in [-0.39, 0.29) is 16.9 Å². The first kappa shape index (κ1) is 22.6. The molecular weight excluding hydrogens is 431 g/mol. The first-order valence-electron chi connectivity index (χ1n) is 9.28. The third-order valence-electron chi connectivity index (χ3n) is 4.52. The van der Waals surface area contributed by atoms with Crippen molar-refractivity contribution in [3.05, 3.63) is 68.0 Å². The van der Waals surface area contributed by atoms with Gasteiger partial charge in [-0.25, -0.2) is 4.79 Å². The molecule has 1 aliphatic heterocycles. The minimum Gasteiger partial charge on any atom is -0.452 e. The predicted molar refractivity (Wildman–Crippen MR) is 108 cm³/mol. The fourth-order valence-corrected chi connectivity index (χ4v) is 3.02. The largest absolute Gasteiger partial charge is 0.452 e. The fourth-order valence-electron chi connectivity index (χ4n) is 3.02. The Morgan fingerprint density at radius 1 is 1.09 bits per heavy atom. The van der Waals surface area contributed by atoms with Crippen molar-refractivity contribution >= 4 is 34.6 Å². The van der Waals surface area contributed by atoms with Crippen molar-refractivity contribution in [3.8, 4) is 0 Å². The van der Waals surface area contributed by atoms with Crippen LogP contribution in [-0.4, -0.2) is 54.6 Å². The van der Waals surface area contributed by atoms with Crippen LogP contribution in [-0.2, 0) is 14.3 Å². The molecule has 0 radical (unpaired) electrons. The van der Waals surface area contributed by atoms with Crippen molar-refractivity contribution in [2.75, 3.05) is 43.1 Å². The van der Waals surface area contributed by atoms with E-state index in [1.165, 1.54) is 12.1 Å². The maximum absolute atomic E-state index is 13.4. The summed E-state index contributed by atoms with van der Waals surface area (Å²) in [5.74, 6) is -2.87. The molecule has 3 rings (SSSR count). The van der Waals surface area contributed by atoms with Gasteiger partial charge in [0.15, 0.2) is 6.61 Å². The molecule has 13 heteroatoms. The highest BCUT2D eigenvalue weighted by atomic mass is 19.1. The molecule has 1 saturated heterocycles. The Labute approximate surface area is 179 Å². The van der Waals surface area contributed by atoms with Gasteiger partial charge >= 0.3 is 11.7 Å². The van der Waals surface area contributed by atoms with Crippen LogP contribution in [0.15, 0.2) is 36.4 Å². The van der Waals surface area contributed by atoms with Gasteiger partial charge in [0.1, 0.15) is 0 Å². The van der Waals surface area contributed by atoms with Crippen LogP contribution in [0.1, 0.15) is 10.4 Å². The van der Waals surface area contributed by atoms with Gasteiger partial charge in [-0.1, -0.05) is 0 Å². The van der Waals surface area contributed by atoms with Crippen LogP contribution in [0.2, 0.25) is 0 Å². The quantitative estimate of drug-likeness (QED) is 0.381. The van der Waals surface area contributed by atoms with Gasteiger partial charge in [-0.2, -0.15) is 4.39 Å². The number of amides is 1. The van der Waals surface area contributed by atoms with Crippen LogP contribution in [0.3, 0.4) is 0 Å². The van der Waals surface area contributed by atoms with Crippen LogP contribution >= 0.6 is 0 Å². The van der Waals surface area contributed by atoms with Crippen molar-refractivity contribution < 1.29 is 33.3 Å². The monoisotopic (exact) mass is 448 g/mol. The van der Waals surface area contributed by atoms with Crippen molar-refractivity contribution in [1.82, 2.24) is 0 Å². The number of rotatable bonds is 7. The van der Waals surface area contributed by atoms with Crippen LogP contribution < -0.4 is 10.2 Å². The normalized spacial score (nSPS) is 13.3. The summed E-state index contributed by atoms with van der Waals surface area (Å²) < 4.78 is 23.7. The molecule has 0 atom stereocenters. The van der Waals surface area contributed by atoms with Crippen LogP contribution in [0.5, 0.6) is 0 Å². The second-order valence-corrected chi connectivity index (χ2v) is 6.61. The second-order valence-electron chi connectivity index (χ2n) is 6.61. The summed E-state index contributed by atoms with van der Waals surface area (Å²) in [7, 11) is 0. The summed E-state index contributed by atoms with van der Waals surface area (Å²) in [6, 6.07) is 6.50. The van der Waals surface area contributed by atoms with E-state index < -0.39 is 39.8 Å². The summed E-state index contributed by atoms with van der Waals surface area (Å²) in [5, 5.41) is 24.2. The third kappa shape index (κ3) is 5.31. The number of halogens is 1. The fraction of sp³-hybridized carbons (Fsp3) is 0.263. The zero-order valence-corrected chi connectivity index (χ0v) is 16.5. The van der Waals surface area contributed by atoms with Crippen LogP contribution in [0, 0.1) is 26.0 Å². The smallest absolute Gasteiger partial charge is 0.341 e. The van der Waals surface area contributed by atoms with Gasteiger partial charge in [0.2, 0.25) is 5.82 Å². The lowest BCUT2D eigenvalue weighted by Gasteiger charge is -2.30. The molecule has 0 bridgehead atoms. The van der Waals surface area contributed by atoms with Gasteiger partial charge < -0.3 is 19.7 Å². The van der Waals surface area contributed by atoms with Crippen molar-refractivity contribution in [1.29, 1.82) is 0 Å². The van der Waals surface area contributed by atoms with E-state index in [0.29, 0.717) is 32.0 Å². The Morgan fingerprint density at radius 3 is 2.47 bits per heavy atom. The van der Waals surface area contributed by atoms with Gasteiger partial charge in [0.25, 0.3) is 11.6 Å². The molecule has 2 aromatic carbocycles. The average molecular weight is 448 g/mol. The van der Waals surface area contributed by atoms with Gasteiger partial charge in [0.05, 0.1) is 34.3 Å². The lowest BCUT2D eigenvalue weighted by Crippen LogP contribution is -2.37. The number of carbonyl (C=O) groups excluding carboxylic acids is 2. The van der Waals surface area contributed by atoms with E-state index >= 15 is 0 Å². The number of nitro benzene ring substituents is 2. The molecule has 168 valence electrons. The molecule has 0 aromatic heterocycles. The van der Waals surface area contributed by atoms with E-state index in [0.717, 1.165) is 24.3 Å². The van der Waals surface area contributed by atoms with E-state index in [2.05, 4.69) is 5.32 Å². The SMILES string of the molecule is O=C(COC(=O)c1cc([N+](=O)[O-])ccc1N1CCOCC1)Nc1ccc(F)c([N+](=O)[O-])c1. The molecule has 1 N–H and O–H groups in total. The minimum atomic E-state index is -1.07. The first-order chi connectivity index (χ1) is 15.3. The Morgan fingerprint density at radius 2 is 1.81 bits per heavy atom. The molecule has 1 amide bonds. The summed E-state index contributed by atoms with van der Waals surface area (Å²) >= 11 is 0. The molecule has 32 heavy (non-hydrogen) atoms. The molecular formula is C19H17FN4O8. The summed E-state index contributed by atoms with van der Waals surface area (Å²) in [5.41, 5.74) is -0.906. The number of morpholine rings is 1. The standard InChI is InChI=1S/C19H17FN4O8/c20-15-3-1-12(9-17(15)24(29)30)21-18(25)11-32-19(26)14-10-13(23(27)28)2-4-16(14)22-5-7-31-8-6-22/h1-4,9-10H,5-8,11H2,(H,21,25).